The second-order valence-corrected chi connectivity index (χ2v) is 16.5. The number of piperazine rings is 1. The van der Waals surface area contributed by atoms with Gasteiger partial charge in [-0.2, -0.15) is 10.4 Å². The molecule has 3 unspecified atom stereocenters. The van der Waals surface area contributed by atoms with E-state index in [1.807, 2.05) is 29.4 Å². The van der Waals surface area contributed by atoms with Crippen molar-refractivity contribution >= 4 is 34.6 Å². The van der Waals surface area contributed by atoms with E-state index in [1.165, 1.54) is 12.0 Å². The Balaban J connectivity index is 0.723. The lowest BCUT2D eigenvalue weighted by Crippen LogP contribution is -2.51. The molecule has 0 spiro atoms. The van der Waals surface area contributed by atoms with Gasteiger partial charge in [0.1, 0.15) is 18.3 Å². The number of rotatable bonds is 9. The molecule has 3 atom stereocenters. The Morgan fingerprint density at radius 3 is 2.29 bits per heavy atom. The average molecular weight is 790 g/mol. The van der Waals surface area contributed by atoms with Crippen molar-refractivity contribution in [2.24, 2.45) is 0 Å². The van der Waals surface area contributed by atoms with Crippen LogP contribution >= 0.6 is 0 Å². The number of likely N-dealkylation sites (tertiary alicyclic amines) is 1. The smallest absolute Gasteiger partial charge is 0.249 e. The third-order valence-corrected chi connectivity index (χ3v) is 12.8. The van der Waals surface area contributed by atoms with E-state index >= 15 is 0 Å². The zero-order chi connectivity index (χ0) is 40.0. The summed E-state index contributed by atoms with van der Waals surface area (Å²) < 4.78 is 1.79. The number of piperidine rings is 2. The van der Waals surface area contributed by atoms with Crippen molar-refractivity contribution in [2.75, 3.05) is 56.0 Å². The first-order valence-corrected chi connectivity index (χ1v) is 20.8. The summed E-state index contributed by atoms with van der Waals surface area (Å²) in [6, 6.07) is 26.1. The summed E-state index contributed by atoms with van der Waals surface area (Å²) in [4.78, 5) is 48.4. The second-order valence-electron chi connectivity index (χ2n) is 16.5. The van der Waals surface area contributed by atoms with Gasteiger partial charge in [-0.25, -0.2) is 4.52 Å². The molecule has 1 aliphatic carbocycles. The molecule has 3 amide bonds. The van der Waals surface area contributed by atoms with Crippen molar-refractivity contribution in [3.8, 4) is 28.3 Å². The Morgan fingerprint density at radius 1 is 0.847 bits per heavy atom. The maximum absolute atomic E-state index is 13.4. The molecule has 2 aromatic carbocycles. The lowest BCUT2D eigenvalue weighted by atomic mass is 9.89. The van der Waals surface area contributed by atoms with Gasteiger partial charge in [-0.3, -0.25) is 40.2 Å². The summed E-state index contributed by atoms with van der Waals surface area (Å²) in [7, 11) is 0. The lowest BCUT2D eigenvalue weighted by molar-refractivity contribution is -0.134. The number of benzene rings is 2. The average Bonchev–Trinajstić information content (AvgIpc) is 3.65. The Bertz CT molecular complexity index is 2420. The zero-order valence-electron chi connectivity index (χ0n) is 32.8. The highest BCUT2D eigenvalue weighted by Gasteiger charge is 2.46. The summed E-state index contributed by atoms with van der Waals surface area (Å²) in [5, 5.41) is 27.2. The first kappa shape index (κ1) is 37.2. The number of imide groups is 1. The number of nitrogens with zero attached hydrogens (tertiary/aromatic N) is 7. The summed E-state index contributed by atoms with van der Waals surface area (Å²) in [5.41, 5.74) is 9.40. The highest BCUT2D eigenvalue weighted by Crippen LogP contribution is 2.35. The summed E-state index contributed by atoms with van der Waals surface area (Å²) in [6.07, 6.45) is 9.57. The number of pyridine rings is 2. The number of anilines is 2. The summed E-state index contributed by atoms with van der Waals surface area (Å²) in [5.74, 6) is 0.147. The molecule has 7 heterocycles. The van der Waals surface area contributed by atoms with Gasteiger partial charge in [-0.15, -0.1) is 0 Å². The van der Waals surface area contributed by atoms with Crippen LogP contribution in [0.25, 0.3) is 27.8 Å². The predicted molar refractivity (Wildman–Crippen MR) is 223 cm³/mol. The van der Waals surface area contributed by atoms with Crippen molar-refractivity contribution in [1.82, 2.24) is 40.3 Å². The van der Waals surface area contributed by atoms with Crippen molar-refractivity contribution in [2.45, 2.75) is 62.3 Å². The van der Waals surface area contributed by atoms with E-state index in [9.17, 15) is 19.6 Å². The van der Waals surface area contributed by atoms with Gasteiger partial charge in [-0.1, -0.05) is 30.3 Å². The van der Waals surface area contributed by atoms with Gasteiger partial charge in [0.25, 0.3) is 0 Å². The van der Waals surface area contributed by atoms with E-state index in [1.54, 1.807) is 10.7 Å². The number of carbonyl (C=O) groups is 3. The SMILES string of the molecule is N#Cc1cnn2cc(-c3ccc(N4CCN(C(=O)CN5CCC(c6ccc(NC7CCC(=O)NC7=O)cc6)CC5)CC4)cc3)cc(-c3ccc(C4NC5CC5N4)nc3)c12. The zero-order valence-corrected chi connectivity index (χ0v) is 32.8. The van der Waals surface area contributed by atoms with Crippen LogP contribution in [0, 0.1) is 11.3 Å². The molecule has 5 aliphatic rings. The Labute approximate surface area is 342 Å². The van der Waals surface area contributed by atoms with Gasteiger partial charge in [0.2, 0.25) is 17.7 Å². The van der Waals surface area contributed by atoms with E-state index in [4.69, 9.17) is 4.98 Å². The Hall–Kier alpha value is -6.14. The number of nitriles is 1. The predicted octanol–water partition coefficient (Wildman–Crippen LogP) is 4.01. The first-order valence-electron chi connectivity index (χ1n) is 20.8. The highest BCUT2D eigenvalue weighted by atomic mass is 16.2. The van der Waals surface area contributed by atoms with Gasteiger partial charge in [0.15, 0.2) is 0 Å². The van der Waals surface area contributed by atoms with Crippen LogP contribution in [0.1, 0.15) is 61.0 Å². The van der Waals surface area contributed by atoms with Crippen molar-refractivity contribution < 1.29 is 14.4 Å². The third kappa shape index (κ3) is 7.65. The van der Waals surface area contributed by atoms with E-state index in [-0.39, 0.29) is 23.9 Å². The highest BCUT2D eigenvalue weighted by molar-refractivity contribution is 6.01. The molecule has 0 radical (unpaired) electrons. The van der Waals surface area contributed by atoms with Crippen molar-refractivity contribution in [1.29, 1.82) is 5.26 Å². The van der Waals surface area contributed by atoms with E-state index in [0.717, 1.165) is 83.9 Å². The summed E-state index contributed by atoms with van der Waals surface area (Å²) >= 11 is 0. The van der Waals surface area contributed by atoms with Crippen LogP contribution in [0.15, 0.2) is 85.3 Å². The van der Waals surface area contributed by atoms with Gasteiger partial charge in [-0.05, 0) is 92.2 Å². The molecular formula is C45H47N11O3. The van der Waals surface area contributed by atoms with Crippen molar-refractivity contribution in [3.63, 3.8) is 0 Å². The lowest BCUT2D eigenvalue weighted by Gasteiger charge is -2.38. The first-order chi connectivity index (χ1) is 28.8. The molecule has 14 nitrogen and oxygen atoms in total. The number of amides is 3. The van der Waals surface area contributed by atoms with Crippen LogP contribution in [0.5, 0.6) is 0 Å². The van der Waals surface area contributed by atoms with Crippen LogP contribution in [0.2, 0.25) is 0 Å². The molecule has 4 saturated heterocycles. The molecule has 5 fully saturated rings. The molecule has 3 aromatic heterocycles. The standard InChI is InChI=1S/C45H47N11O3/c46-23-33-25-48-56-26-32(21-36(43(33)56)31-5-10-37(47-24-31)44-50-39-22-40(39)51-44)29-3-8-35(9-4-29)54-17-19-55(20-18-54)42(58)27-53-15-13-30(14-16-53)28-1-6-34(7-2-28)49-38-11-12-41(57)52-45(38)59/h1-10,21,24-26,30,38-40,44,49-51H,11-20,22,27H2,(H,52,57,59). The fraction of sp³-hybridized carbons (Fsp3) is 0.378. The van der Waals surface area contributed by atoms with Crippen molar-refractivity contribution in [3.05, 3.63) is 102 Å². The topological polar surface area (TPSA) is 163 Å². The largest absolute Gasteiger partial charge is 0.374 e. The molecule has 4 aliphatic heterocycles. The number of nitrogens with one attached hydrogen (secondary N) is 4. The van der Waals surface area contributed by atoms with Gasteiger partial charge < -0.3 is 15.1 Å². The van der Waals surface area contributed by atoms with E-state index in [2.05, 4.69) is 96.8 Å². The molecule has 59 heavy (non-hydrogen) atoms. The fourth-order valence-electron chi connectivity index (χ4n) is 9.21. The minimum absolute atomic E-state index is 0.0672. The normalized spacial score (nSPS) is 23.5. The monoisotopic (exact) mass is 789 g/mol. The van der Waals surface area contributed by atoms with E-state index in [0.29, 0.717) is 56.0 Å². The van der Waals surface area contributed by atoms with Gasteiger partial charge in [0, 0.05) is 85.1 Å². The quantitative estimate of drug-likeness (QED) is 0.160. The maximum atomic E-state index is 13.4. The molecular weight excluding hydrogens is 743 g/mol. The van der Waals surface area contributed by atoms with Gasteiger partial charge in [0.05, 0.1) is 29.5 Å². The Kier molecular flexibility index (Phi) is 9.80. The molecule has 300 valence electrons. The van der Waals surface area contributed by atoms with Crippen LogP contribution in [-0.2, 0) is 14.4 Å². The molecule has 10 rings (SSSR count). The molecule has 14 heteroatoms. The third-order valence-electron chi connectivity index (χ3n) is 12.8. The number of fused-ring (bicyclic) bond motifs is 2. The van der Waals surface area contributed by atoms with Gasteiger partial charge >= 0.3 is 0 Å². The van der Waals surface area contributed by atoms with E-state index < -0.39 is 6.04 Å². The number of carbonyl (C=O) groups excluding carboxylic acids is 3. The van der Waals surface area contributed by atoms with Crippen LogP contribution in [0.4, 0.5) is 11.4 Å². The van der Waals surface area contributed by atoms with Crippen LogP contribution < -0.4 is 26.2 Å². The fourth-order valence-corrected chi connectivity index (χ4v) is 9.21. The second kappa shape index (κ2) is 15.6. The molecule has 0 bridgehead atoms. The molecule has 1 saturated carbocycles. The number of hydrogen-bond acceptors (Lipinski definition) is 11. The summed E-state index contributed by atoms with van der Waals surface area (Å²) in [6.45, 7) is 5.15. The minimum Gasteiger partial charge on any atom is -0.374 e. The Morgan fingerprint density at radius 2 is 1.59 bits per heavy atom. The molecule has 4 N–H and O–H groups in total. The number of aromatic nitrogens is 3. The molecule has 5 aromatic rings. The van der Waals surface area contributed by atoms with Crippen LogP contribution in [0.3, 0.4) is 0 Å². The van der Waals surface area contributed by atoms with Crippen LogP contribution in [-0.4, -0.2) is 106 Å². The number of hydrogen-bond donors (Lipinski definition) is 4. The minimum atomic E-state index is -0.392. The maximum Gasteiger partial charge on any atom is 0.249 e.